The van der Waals surface area contributed by atoms with E-state index < -0.39 is 0 Å². The van der Waals surface area contributed by atoms with Crippen LogP contribution in [0.2, 0.25) is 0 Å². The van der Waals surface area contributed by atoms with Crippen LogP contribution in [0.1, 0.15) is 24.6 Å². The predicted molar refractivity (Wildman–Crippen MR) is 114 cm³/mol. The molecule has 1 fully saturated rings. The summed E-state index contributed by atoms with van der Waals surface area (Å²) in [5, 5.41) is 18.9. The van der Waals surface area contributed by atoms with Crippen molar-refractivity contribution in [3.05, 3.63) is 78.4 Å². The summed E-state index contributed by atoms with van der Waals surface area (Å²) in [5.41, 5.74) is 1.89. The summed E-state index contributed by atoms with van der Waals surface area (Å²) in [4.78, 5) is 4.78. The summed E-state index contributed by atoms with van der Waals surface area (Å²) >= 11 is 1.36. The van der Waals surface area contributed by atoms with Gasteiger partial charge in [0.05, 0.1) is 11.3 Å². The van der Waals surface area contributed by atoms with Gasteiger partial charge in [0.2, 0.25) is 5.16 Å². The molecule has 0 radical (unpaired) electrons. The average molecular weight is 429 g/mol. The lowest BCUT2D eigenvalue weighted by Gasteiger charge is -2.03. The van der Waals surface area contributed by atoms with Crippen LogP contribution >= 0.6 is 11.8 Å². The molecule has 0 saturated heterocycles. The average Bonchev–Trinajstić information content (AvgIpc) is 3.43. The molecule has 1 aliphatic rings. The fourth-order valence-corrected chi connectivity index (χ4v) is 4.15. The third-order valence-electron chi connectivity index (χ3n) is 5.10. The molecule has 2 aromatic carbocycles. The number of nitrogens with zero attached hydrogens (tertiary/aromatic N) is 7. The predicted octanol–water partition coefficient (Wildman–Crippen LogP) is 4.54. The highest BCUT2D eigenvalue weighted by Crippen LogP contribution is 2.40. The van der Waals surface area contributed by atoms with E-state index in [9.17, 15) is 4.39 Å². The summed E-state index contributed by atoms with van der Waals surface area (Å²) in [6.07, 6.45) is 2.26. The first-order chi connectivity index (χ1) is 15.3. The second-order valence-electron chi connectivity index (χ2n) is 7.32. The number of benzene rings is 2. The molecule has 9 heteroatoms. The molecule has 1 saturated carbocycles. The number of halogens is 1. The minimum absolute atomic E-state index is 0.354. The molecule has 0 bridgehead atoms. The summed E-state index contributed by atoms with van der Waals surface area (Å²) in [5.74, 6) is 1.42. The van der Waals surface area contributed by atoms with Crippen LogP contribution in [0, 0.1) is 5.82 Å². The second-order valence-corrected chi connectivity index (χ2v) is 8.31. The molecule has 0 unspecified atom stereocenters. The Labute approximate surface area is 181 Å². The van der Waals surface area contributed by atoms with E-state index >= 15 is 0 Å². The largest absolute Gasteiger partial charge is 0.216 e. The smallest absolute Gasteiger partial charge is 0.215 e. The Bertz CT molecular complexity index is 1390. The van der Waals surface area contributed by atoms with E-state index in [1.807, 2.05) is 47.1 Å². The molecule has 5 aromatic rings. The first-order valence-corrected chi connectivity index (χ1v) is 10.8. The number of hydrogen-bond acceptors (Lipinski definition) is 6. The molecule has 0 aliphatic heterocycles. The molecule has 0 atom stereocenters. The van der Waals surface area contributed by atoms with Gasteiger partial charge in [-0.2, -0.15) is 9.61 Å². The fraction of sp³-hybridized carbons (Fsp3) is 0.136. The summed E-state index contributed by atoms with van der Waals surface area (Å²) in [7, 11) is 0. The minimum Gasteiger partial charge on any atom is -0.216 e. The van der Waals surface area contributed by atoms with Crippen molar-refractivity contribution >= 4 is 17.4 Å². The highest BCUT2D eigenvalue weighted by atomic mass is 32.2. The number of para-hydroxylation sites is 1. The van der Waals surface area contributed by atoms with Gasteiger partial charge in [0.25, 0.3) is 0 Å². The van der Waals surface area contributed by atoms with Gasteiger partial charge in [0.1, 0.15) is 16.7 Å². The van der Waals surface area contributed by atoms with Crippen LogP contribution in [0.25, 0.3) is 22.7 Å². The zero-order valence-electron chi connectivity index (χ0n) is 16.3. The lowest BCUT2D eigenvalue weighted by Crippen LogP contribution is -2.01. The Kier molecular flexibility index (Phi) is 4.27. The summed E-state index contributed by atoms with van der Waals surface area (Å²) in [6, 6.07) is 20.1. The van der Waals surface area contributed by atoms with Crippen LogP contribution in [-0.4, -0.2) is 34.6 Å². The quantitative estimate of drug-likeness (QED) is 0.408. The lowest BCUT2D eigenvalue weighted by atomic mass is 10.2. The van der Waals surface area contributed by atoms with E-state index in [0.717, 1.165) is 24.4 Å². The number of rotatable bonds is 5. The highest BCUT2D eigenvalue weighted by Gasteiger charge is 2.30. The maximum absolute atomic E-state index is 14.3. The van der Waals surface area contributed by atoms with Gasteiger partial charge >= 0.3 is 0 Å². The highest BCUT2D eigenvalue weighted by molar-refractivity contribution is 7.99. The van der Waals surface area contributed by atoms with Crippen LogP contribution in [0.5, 0.6) is 0 Å². The van der Waals surface area contributed by atoms with E-state index in [2.05, 4.69) is 15.3 Å². The molecule has 3 heterocycles. The molecule has 31 heavy (non-hydrogen) atoms. The standard InChI is InChI=1S/C22H16FN7S/c23-17-9-5-4-8-16(17)21-26-25-18-12-13-19(27-30(18)21)31-22-24-20(14-10-11-14)29(28-22)15-6-2-1-3-7-15/h1-9,12-14H,10-11H2. The van der Waals surface area contributed by atoms with E-state index in [1.165, 1.54) is 17.8 Å². The van der Waals surface area contributed by atoms with Crippen molar-refractivity contribution in [2.75, 3.05) is 0 Å². The molecule has 0 N–H and O–H groups in total. The first-order valence-electron chi connectivity index (χ1n) is 9.94. The van der Waals surface area contributed by atoms with Crippen LogP contribution in [0.15, 0.2) is 76.9 Å². The normalized spacial score (nSPS) is 13.7. The van der Waals surface area contributed by atoms with Crippen LogP contribution in [0.4, 0.5) is 4.39 Å². The van der Waals surface area contributed by atoms with Crippen LogP contribution in [0.3, 0.4) is 0 Å². The van der Waals surface area contributed by atoms with Gasteiger partial charge in [-0.3, -0.25) is 0 Å². The van der Waals surface area contributed by atoms with Gasteiger partial charge in [0, 0.05) is 5.92 Å². The Balaban J connectivity index is 1.38. The zero-order valence-corrected chi connectivity index (χ0v) is 17.1. The molecular formula is C22H16FN7S. The Morgan fingerprint density at radius 3 is 2.48 bits per heavy atom. The number of fused-ring (bicyclic) bond motifs is 1. The van der Waals surface area contributed by atoms with Crippen molar-refractivity contribution < 1.29 is 4.39 Å². The van der Waals surface area contributed by atoms with Gasteiger partial charge in [-0.1, -0.05) is 30.3 Å². The Hall–Kier alpha value is -3.59. The molecular weight excluding hydrogens is 413 g/mol. The molecule has 0 spiro atoms. The molecule has 1 aliphatic carbocycles. The van der Waals surface area contributed by atoms with E-state index in [1.54, 1.807) is 22.7 Å². The molecule has 152 valence electrons. The van der Waals surface area contributed by atoms with E-state index in [0.29, 0.717) is 33.1 Å². The SMILES string of the molecule is Fc1ccccc1-c1nnc2ccc(Sc3nc(C4CC4)n(-c4ccccc4)n3)nn12. The van der Waals surface area contributed by atoms with Crippen LogP contribution < -0.4 is 0 Å². The minimum atomic E-state index is -0.367. The second kappa shape index (κ2) is 7.28. The fourth-order valence-electron chi connectivity index (χ4n) is 3.44. The van der Waals surface area contributed by atoms with Gasteiger partial charge in [-0.05, 0) is 61.0 Å². The molecule has 6 rings (SSSR count). The Morgan fingerprint density at radius 2 is 1.68 bits per heavy atom. The van der Waals surface area contributed by atoms with Crippen molar-refractivity contribution in [2.45, 2.75) is 28.9 Å². The summed E-state index contributed by atoms with van der Waals surface area (Å²) < 4.78 is 17.8. The molecule has 3 aromatic heterocycles. The van der Waals surface area contributed by atoms with Gasteiger partial charge in [-0.25, -0.2) is 14.1 Å². The van der Waals surface area contributed by atoms with Gasteiger partial charge in [0.15, 0.2) is 11.5 Å². The third kappa shape index (κ3) is 3.36. The topological polar surface area (TPSA) is 73.8 Å². The third-order valence-corrected chi connectivity index (χ3v) is 5.89. The van der Waals surface area contributed by atoms with Gasteiger partial charge < -0.3 is 0 Å². The van der Waals surface area contributed by atoms with E-state index in [-0.39, 0.29) is 5.82 Å². The van der Waals surface area contributed by atoms with Crippen LogP contribution in [-0.2, 0) is 0 Å². The first kappa shape index (κ1) is 18.2. The van der Waals surface area contributed by atoms with E-state index in [4.69, 9.17) is 10.1 Å². The van der Waals surface area contributed by atoms with Crippen molar-refractivity contribution in [3.63, 3.8) is 0 Å². The maximum atomic E-state index is 14.3. The van der Waals surface area contributed by atoms with Crippen molar-refractivity contribution in [3.8, 4) is 17.1 Å². The zero-order chi connectivity index (χ0) is 20.8. The lowest BCUT2D eigenvalue weighted by molar-refractivity contribution is 0.629. The Morgan fingerprint density at radius 1 is 0.871 bits per heavy atom. The summed E-state index contributed by atoms with van der Waals surface area (Å²) in [6.45, 7) is 0. The van der Waals surface area contributed by atoms with Crippen molar-refractivity contribution in [1.29, 1.82) is 0 Å². The van der Waals surface area contributed by atoms with Crippen molar-refractivity contribution in [1.82, 2.24) is 34.6 Å². The number of aromatic nitrogens is 7. The monoisotopic (exact) mass is 429 g/mol. The van der Waals surface area contributed by atoms with Crippen molar-refractivity contribution in [2.24, 2.45) is 0 Å². The molecule has 7 nitrogen and oxygen atoms in total. The van der Waals surface area contributed by atoms with Gasteiger partial charge in [-0.15, -0.1) is 15.3 Å². The number of hydrogen-bond donors (Lipinski definition) is 0. The molecule has 0 amide bonds. The maximum Gasteiger partial charge on any atom is 0.215 e.